The Kier molecular flexibility index (Phi) is 5.32. The number of likely N-dealkylation sites (tertiary alicyclic amines) is 1. The number of aromatic nitrogens is 2. The number of carbonyl (C=O) groups is 1. The third-order valence-electron chi connectivity index (χ3n) is 3.68. The second-order valence-electron chi connectivity index (χ2n) is 4.97. The molecule has 1 aromatic heterocycles. The number of piperidine rings is 1. The van der Waals surface area contributed by atoms with E-state index in [1.54, 1.807) is 0 Å². The van der Waals surface area contributed by atoms with E-state index in [4.69, 9.17) is 9.47 Å². The lowest BCUT2D eigenvalue weighted by atomic mass is 10.1. The predicted octanol–water partition coefficient (Wildman–Crippen LogP) is 0.708. The van der Waals surface area contributed by atoms with Gasteiger partial charge in [-0.2, -0.15) is 0 Å². The minimum atomic E-state index is -0.257. The maximum Gasteiger partial charge on any atom is 0.262 e. The Morgan fingerprint density at radius 3 is 2.62 bits per heavy atom. The van der Waals surface area contributed by atoms with Gasteiger partial charge >= 0.3 is 0 Å². The van der Waals surface area contributed by atoms with Crippen LogP contribution in [0.3, 0.4) is 0 Å². The van der Waals surface area contributed by atoms with E-state index >= 15 is 0 Å². The van der Waals surface area contributed by atoms with Gasteiger partial charge in [0.2, 0.25) is 11.8 Å². The highest BCUT2D eigenvalue weighted by atomic mass is 16.5. The van der Waals surface area contributed by atoms with Crippen LogP contribution in [0.15, 0.2) is 6.33 Å². The van der Waals surface area contributed by atoms with E-state index in [1.165, 1.54) is 20.5 Å². The fourth-order valence-corrected chi connectivity index (χ4v) is 2.58. The van der Waals surface area contributed by atoms with Crippen LogP contribution >= 0.6 is 0 Å². The van der Waals surface area contributed by atoms with Crippen LogP contribution in [-0.4, -0.2) is 60.7 Å². The van der Waals surface area contributed by atoms with Gasteiger partial charge in [-0.15, -0.1) is 0 Å². The molecule has 2 heterocycles. The summed E-state index contributed by atoms with van der Waals surface area (Å²) in [5.74, 6) is 0.192. The second kappa shape index (κ2) is 7.21. The Hall–Kier alpha value is -1.89. The molecule has 7 heteroatoms. The molecule has 7 nitrogen and oxygen atoms in total. The summed E-state index contributed by atoms with van der Waals surface area (Å²) in [5, 5.41) is 3.03. The normalized spacial score (nSPS) is 19.1. The van der Waals surface area contributed by atoms with Crippen molar-refractivity contribution in [1.29, 1.82) is 0 Å². The largest absolute Gasteiger partial charge is 0.480 e. The molecule has 1 aliphatic heterocycles. The summed E-state index contributed by atoms with van der Waals surface area (Å²) in [6, 6.07) is 0.126. The highest BCUT2D eigenvalue weighted by molar-refractivity contribution is 5.98. The molecular formula is C14H22N4O3. The molecule has 1 aliphatic rings. The van der Waals surface area contributed by atoms with Crippen molar-refractivity contribution in [2.24, 2.45) is 0 Å². The van der Waals surface area contributed by atoms with Crippen LogP contribution in [0, 0.1) is 0 Å². The minimum Gasteiger partial charge on any atom is -0.480 e. The molecule has 1 saturated heterocycles. The lowest BCUT2D eigenvalue weighted by Gasteiger charge is -2.32. The average molecular weight is 294 g/mol. The molecule has 2 rings (SSSR count). The van der Waals surface area contributed by atoms with Gasteiger partial charge in [0.05, 0.1) is 14.2 Å². The van der Waals surface area contributed by atoms with E-state index in [1.807, 2.05) is 0 Å². The van der Waals surface area contributed by atoms with Gasteiger partial charge in [0, 0.05) is 12.6 Å². The zero-order valence-electron chi connectivity index (χ0n) is 12.8. The van der Waals surface area contributed by atoms with Crippen LogP contribution in [0.2, 0.25) is 0 Å². The molecule has 1 aromatic rings. The first-order chi connectivity index (χ1) is 10.2. The summed E-state index contributed by atoms with van der Waals surface area (Å²) >= 11 is 0. The Morgan fingerprint density at radius 2 is 2.05 bits per heavy atom. The number of rotatable bonds is 5. The Bertz CT molecular complexity index is 473. The molecular weight excluding hydrogens is 272 g/mol. The molecule has 0 radical (unpaired) electrons. The van der Waals surface area contributed by atoms with Crippen molar-refractivity contribution in [2.45, 2.75) is 25.8 Å². The van der Waals surface area contributed by atoms with Crippen molar-refractivity contribution in [3.05, 3.63) is 11.9 Å². The Balaban J connectivity index is 2.13. The van der Waals surface area contributed by atoms with Crippen LogP contribution in [0.5, 0.6) is 11.8 Å². The number of amides is 1. The third-order valence-corrected chi connectivity index (χ3v) is 3.68. The molecule has 0 aliphatic carbocycles. The summed E-state index contributed by atoms with van der Waals surface area (Å²) in [4.78, 5) is 22.8. The summed E-state index contributed by atoms with van der Waals surface area (Å²) in [6.45, 7) is 5.07. The number of likely N-dealkylation sites (N-methyl/N-ethyl adjacent to an activating group) is 1. The fourth-order valence-electron chi connectivity index (χ4n) is 2.58. The maximum atomic E-state index is 12.5. The van der Waals surface area contributed by atoms with Crippen molar-refractivity contribution in [2.75, 3.05) is 33.9 Å². The van der Waals surface area contributed by atoms with Gasteiger partial charge < -0.3 is 19.7 Å². The van der Waals surface area contributed by atoms with Crippen molar-refractivity contribution >= 4 is 5.91 Å². The molecule has 0 saturated carbocycles. The molecule has 1 N–H and O–H groups in total. The van der Waals surface area contributed by atoms with E-state index in [9.17, 15) is 4.79 Å². The molecule has 0 aromatic carbocycles. The van der Waals surface area contributed by atoms with E-state index < -0.39 is 0 Å². The molecule has 1 unspecified atom stereocenters. The molecule has 1 fully saturated rings. The van der Waals surface area contributed by atoms with E-state index in [2.05, 4.69) is 27.1 Å². The van der Waals surface area contributed by atoms with Gasteiger partial charge in [-0.25, -0.2) is 9.97 Å². The number of hydrogen-bond acceptors (Lipinski definition) is 6. The Labute approximate surface area is 124 Å². The van der Waals surface area contributed by atoms with Crippen molar-refractivity contribution < 1.29 is 14.3 Å². The van der Waals surface area contributed by atoms with Crippen molar-refractivity contribution in [1.82, 2.24) is 20.2 Å². The van der Waals surface area contributed by atoms with Gasteiger partial charge in [0.15, 0.2) is 5.56 Å². The van der Waals surface area contributed by atoms with E-state index in [0.29, 0.717) is 0 Å². The first-order valence-corrected chi connectivity index (χ1v) is 7.15. The quantitative estimate of drug-likeness (QED) is 0.862. The first-order valence-electron chi connectivity index (χ1n) is 7.15. The SMILES string of the molecule is CCN1CCCC(NC(=O)c2c(OC)ncnc2OC)C1. The molecule has 1 atom stereocenters. The summed E-state index contributed by atoms with van der Waals surface area (Å²) in [6.07, 6.45) is 3.37. The van der Waals surface area contributed by atoms with Gasteiger partial charge in [-0.05, 0) is 25.9 Å². The fraction of sp³-hybridized carbons (Fsp3) is 0.643. The average Bonchev–Trinajstić information content (AvgIpc) is 2.53. The first kappa shape index (κ1) is 15.5. The van der Waals surface area contributed by atoms with Gasteiger partial charge in [-0.3, -0.25) is 4.79 Å². The standard InChI is InChI=1S/C14H22N4O3/c1-4-18-7-5-6-10(8-18)17-12(19)11-13(20-2)15-9-16-14(11)21-3/h9-10H,4-8H2,1-3H3,(H,17,19). The monoisotopic (exact) mass is 294 g/mol. The minimum absolute atomic E-state index is 0.126. The molecule has 116 valence electrons. The number of carbonyl (C=O) groups excluding carboxylic acids is 1. The van der Waals surface area contributed by atoms with Gasteiger partial charge in [0.1, 0.15) is 6.33 Å². The van der Waals surface area contributed by atoms with E-state index in [0.717, 1.165) is 32.5 Å². The number of ether oxygens (including phenoxy) is 2. The zero-order valence-corrected chi connectivity index (χ0v) is 12.8. The molecule has 0 spiro atoms. The third kappa shape index (κ3) is 3.60. The summed E-state index contributed by atoms with van der Waals surface area (Å²) in [5.41, 5.74) is 0.246. The molecule has 0 bridgehead atoms. The highest BCUT2D eigenvalue weighted by Crippen LogP contribution is 2.23. The van der Waals surface area contributed by atoms with Gasteiger partial charge in [-0.1, -0.05) is 6.92 Å². The van der Waals surface area contributed by atoms with Crippen LogP contribution in [0.25, 0.3) is 0 Å². The second-order valence-corrected chi connectivity index (χ2v) is 4.97. The molecule has 1 amide bonds. The lowest BCUT2D eigenvalue weighted by Crippen LogP contribution is -2.47. The zero-order chi connectivity index (χ0) is 15.2. The van der Waals surface area contributed by atoms with Gasteiger partial charge in [0.25, 0.3) is 5.91 Å². The maximum absolute atomic E-state index is 12.5. The lowest BCUT2D eigenvalue weighted by molar-refractivity contribution is 0.0898. The van der Waals surface area contributed by atoms with Crippen LogP contribution in [-0.2, 0) is 0 Å². The number of nitrogens with zero attached hydrogens (tertiary/aromatic N) is 3. The van der Waals surface area contributed by atoms with E-state index in [-0.39, 0.29) is 29.3 Å². The summed E-state index contributed by atoms with van der Waals surface area (Å²) in [7, 11) is 2.94. The van der Waals surface area contributed by atoms with Crippen molar-refractivity contribution in [3.63, 3.8) is 0 Å². The predicted molar refractivity (Wildman–Crippen MR) is 77.7 cm³/mol. The van der Waals surface area contributed by atoms with Crippen LogP contribution in [0.4, 0.5) is 0 Å². The number of methoxy groups -OCH3 is 2. The van der Waals surface area contributed by atoms with Crippen molar-refractivity contribution in [3.8, 4) is 11.8 Å². The highest BCUT2D eigenvalue weighted by Gasteiger charge is 2.25. The van der Waals surface area contributed by atoms with Crippen LogP contribution < -0.4 is 14.8 Å². The summed E-state index contributed by atoms with van der Waals surface area (Å²) < 4.78 is 10.3. The topological polar surface area (TPSA) is 76.6 Å². The molecule has 21 heavy (non-hydrogen) atoms. The Morgan fingerprint density at radius 1 is 1.38 bits per heavy atom. The van der Waals surface area contributed by atoms with Crippen LogP contribution in [0.1, 0.15) is 30.1 Å². The number of hydrogen-bond donors (Lipinski definition) is 1. The number of nitrogens with one attached hydrogen (secondary N) is 1. The smallest absolute Gasteiger partial charge is 0.262 e.